The molecule has 1 saturated heterocycles. The summed E-state index contributed by atoms with van der Waals surface area (Å²) < 4.78 is 0. The minimum atomic E-state index is -0.512. The molecule has 1 N–H and O–H groups in total. The van der Waals surface area contributed by atoms with Gasteiger partial charge in [0.05, 0.1) is 5.54 Å². The summed E-state index contributed by atoms with van der Waals surface area (Å²) in [5, 5.41) is 23.0. The van der Waals surface area contributed by atoms with Gasteiger partial charge in [-0.1, -0.05) is 12.1 Å². The van der Waals surface area contributed by atoms with Crippen molar-refractivity contribution in [2.75, 3.05) is 0 Å². The van der Waals surface area contributed by atoms with Gasteiger partial charge in [-0.2, -0.15) is 0 Å². The molecule has 1 atom stereocenters. The van der Waals surface area contributed by atoms with E-state index in [2.05, 4.69) is 0 Å². The third-order valence-corrected chi connectivity index (χ3v) is 3.69. The SMILES string of the molecule is CC1(C)CC[C@](C)(c2cccc(O)c2)N1[O]. The zero-order valence-electron chi connectivity index (χ0n) is 10.0. The van der Waals surface area contributed by atoms with Gasteiger partial charge < -0.3 is 5.11 Å². The highest BCUT2D eigenvalue weighted by Gasteiger charge is 2.49. The summed E-state index contributed by atoms with van der Waals surface area (Å²) in [5.41, 5.74) is 0.0655. The third-order valence-electron chi connectivity index (χ3n) is 3.69. The van der Waals surface area contributed by atoms with Gasteiger partial charge in [-0.25, -0.2) is 0 Å². The molecule has 1 radical (unpaired) electrons. The second-order valence-corrected chi connectivity index (χ2v) is 5.43. The van der Waals surface area contributed by atoms with Crippen LogP contribution < -0.4 is 0 Å². The number of phenols is 1. The molecule has 3 heteroatoms. The van der Waals surface area contributed by atoms with E-state index < -0.39 is 5.54 Å². The second kappa shape index (κ2) is 3.47. The summed E-state index contributed by atoms with van der Waals surface area (Å²) in [6.45, 7) is 5.88. The Bertz CT molecular complexity index is 403. The molecule has 1 fully saturated rings. The molecule has 87 valence electrons. The van der Waals surface area contributed by atoms with Crippen molar-refractivity contribution in [2.24, 2.45) is 0 Å². The fourth-order valence-electron chi connectivity index (χ4n) is 2.52. The molecule has 16 heavy (non-hydrogen) atoms. The van der Waals surface area contributed by atoms with E-state index in [-0.39, 0.29) is 11.3 Å². The number of benzene rings is 1. The number of nitrogens with zero attached hydrogens (tertiary/aromatic N) is 1. The van der Waals surface area contributed by atoms with Crippen LogP contribution >= 0.6 is 0 Å². The van der Waals surface area contributed by atoms with Crippen LogP contribution in [0.15, 0.2) is 24.3 Å². The summed E-state index contributed by atoms with van der Waals surface area (Å²) in [5.74, 6) is 0.219. The minimum Gasteiger partial charge on any atom is -0.508 e. The van der Waals surface area contributed by atoms with Gasteiger partial charge in [0.1, 0.15) is 5.75 Å². The molecule has 1 heterocycles. The number of hydrogen-bond acceptors (Lipinski definition) is 2. The van der Waals surface area contributed by atoms with E-state index in [9.17, 15) is 10.3 Å². The summed E-state index contributed by atoms with van der Waals surface area (Å²) in [6, 6.07) is 7.01. The number of aromatic hydroxyl groups is 1. The predicted octanol–water partition coefficient (Wildman–Crippen LogP) is 2.83. The first kappa shape index (κ1) is 11.4. The Balaban J connectivity index is 2.41. The summed E-state index contributed by atoms with van der Waals surface area (Å²) >= 11 is 0. The lowest BCUT2D eigenvalue weighted by atomic mass is 9.90. The van der Waals surface area contributed by atoms with Crippen molar-refractivity contribution in [3.05, 3.63) is 29.8 Å². The summed E-state index contributed by atoms with van der Waals surface area (Å²) in [6.07, 6.45) is 1.70. The van der Waals surface area contributed by atoms with Crippen molar-refractivity contribution in [2.45, 2.75) is 44.7 Å². The van der Waals surface area contributed by atoms with Crippen molar-refractivity contribution < 1.29 is 10.3 Å². The minimum absolute atomic E-state index is 0.219. The first-order chi connectivity index (χ1) is 7.36. The topological polar surface area (TPSA) is 43.4 Å². The smallest absolute Gasteiger partial charge is 0.115 e. The summed E-state index contributed by atoms with van der Waals surface area (Å²) in [4.78, 5) is 0. The Labute approximate surface area is 96.3 Å². The van der Waals surface area contributed by atoms with E-state index >= 15 is 0 Å². The van der Waals surface area contributed by atoms with Crippen molar-refractivity contribution >= 4 is 0 Å². The van der Waals surface area contributed by atoms with E-state index in [4.69, 9.17) is 0 Å². The van der Waals surface area contributed by atoms with E-state index in [1.54, 1.807) is 18.2 Å². The van der Waals surface area contributed by atoms with Gasteiger partial charge >= 0.3 is 0 Å². The quantitative estimate of drug-likeness (QED) is 0.790. The monoisotopic (exact) mass is 220 g/mol. The standard InChI is InChI=1S/C13H18NO2/c1-12(2)7-8-13(3,14(12)16)10-5-4-6-11(15)9-10/h4-6,9,15H,7-8H2,1-3H3/t13-/m1/s1. The molecule has 0 saturated carbocycles. The molecule has 1 aliphatic heterocycles. The molecule has 3 nitrogen and oxygen atoms in total. The van der Waals surface area contributed by atoms with Crippen LogP contribution in [0.4, 0.5) is 0 Å². The molecule has 0 aromatic heterocycles. The molecule has 2 rings (SSSR count). The maximum absolute atomic E-state index is 12.3. The van der Waals surface area contributed by atoms with Crippen LogP contribution in [-0.4, -0.2) is 15.7 Å². The number of hydrogen-bond donors (Lipinski definition) is 1. The van der Waals surface area contributed by atoms with Gasteiger partial charge in [-0.3, -0.25) is 0 Å². The highest BCUT2D eigenvalue weighted by atomic mass is 16.5. The molecular formula is C13H18NO2. The van der Waals surface area contributed by atoms with Crippen molar-refractivity contribution in [3.63, 3.8) is 0 Å². The third kappa shape index (κ3) is 1.60. The van der Waals surface area contributed by atoms with Crippen LogP contribution in [0.5, 0.6) is 5.75 Å². The van der Waals surface area contributed by atoms with Gasteiger partial charge in [0.2, 0.25) is 0 Å². The predicted molar refractivity (Wildman–Crippen MR) is 61.3 cm³/mol. The lowest BCUT2D eigenvalue weighted by molar-refractivity contribution is -0.252. The van der Waals surface area contributed by atoms with Crippen molar-refractivity contribution in [1.29, 1.82) is 0 Å². The zero-order chi connectivity index (χ0) is 12.0. The second-order valence-electron chi connectivity index (χ2n) is 5.43. The molecule has 0 spiro atoms. The fraction of sp³-hybridized carbons (Fsp3) is 0.538. The van der Waals surface area contributed by atoms with Gasteiger partial charge in [0.15, 0.2) is 0 Å². The van der Waals surface area contributed by atoms with E-state index in [1.165, 1.54) is 5.06 Å². The normalized spacial score (nSPS) is 29.5. The Hall–Kier alpha value is -1.06. The average molecular weight is 220 g/mol. The molecule has 0 amide bonds. The van der Waals surface area contributed by atoms with E-state index in [0.717, 1.165) is 18.4 Å². The highest BCUT2D eigenvalue weighted by molar-refractivity contribution is 5.33. The molecule has 0 aliphatic carbocycles. The Morgan fingerprint density at radius 3 is 2.44 bits per heavy atom. The molecule has 1 aliphatic rings. The van der Waals surface area contributed by atoms with Crippen molar-refractivity contribution in [3.8, 4) is 5.75 Å². The Morgan fingerprint density at radius 1 is 1.25 bits per heavy atom. The van der Waals surface area contributed by atoms with Gasteiger partial charge in [-0.15, -0.1) is 10.3 Å². The van der Waals surface area contributed by atoms with Gasteiger partial charge in [0, 0.05) is 5.54 Å². The maximum Gasteiger partial charge on any atom is 0.115 e. The van der Waals surface area contributed by atoms with E-state index in [1.807, 2.05) is 26.8 Å². The first-order valence-electron chi connectivity index (χ1n) is 5.63. The highest BCUT2D eigenvalue weighted by Crippen LogP contribution is 2.46. The first-order valence-corrected chi connectivity index (χ1v) is 5.63. The number of rotatable bonds is 1. The van der Waals surface area contributed by atoms with Crippen molar-refractivity contribution in [1.82, 2.24) is 5.06 Å². The lowest BCUT2D eigenvalue weighted by Gasteiger charge is -2.35. The molecule has 1 aromatic carbocycles. The van der Waals surface area contributed by atoms with Crippen LogP contribution in [0.2, 0.25) is 0 Å². The van der Waals surface area contributed by atoms with Crippen LogP contribution in [0, 0.1) is 0 Å². The van der Waals surface area contributed by atoms with Gasteiger partial charge in [0.25, 0.3) is 0 Å². The number of hydroxylamine groups is 2. The Morgan fingerprint density at radius 2 is 1.94 bits per heavy atom. The molecule has 0 unspecified atom stereocenters. The summed E-state index contributed by atoms with van der Waals surface area (Å²) in [7, 11) is 0. The van der Waals surface area contributed by atoms with Crippen LogP contribution in [0.25, 0.3) is 0 Å². The fourth-order valence-corrected chi connectivity index (χ4v) is 2.52. The molecule has 1 aromatic rings. The van der Waals surface area contributed by atoms with E-state index in [0.29, 0.717) is 0 Å². The molecule has 0 bridgehead atoms. The Kier molecular flexibility index (Phi) is 2.48. The van der Waals surface area contributed by atoms with Crippen LogP contribution in [-0.2, 0) is 10.7 Å². The maximum atomic E-state index is 12.3. The van der Waals surface area contributed by atoms with Gasteiger partial charge in [-0.05, 0) is 51.3 Å². The zero-order valence-corrected chi connectivity index (χ0v) is 10.0. The van der Waals surface area contributed by atoms with Crippen LogP contribution in [0.3, 0.4) is 0 Å². The number of phenolic OH excluding ortho intramolecular Hbond substituents is 1. The lowest BCUT2D eigenvalue weighted by Crippen LogP contribution is -2.44. The molecular weight excluding hydrogens is 202 g/mol. The van der Waals surface area contributed by atoms with Crippen LogP contribution in [0.1, 0.15) is 39.2 Å². The average Bonchev–Trinajstić information content (AvgIpc) is 2.44. The largest absolute Gasteiger partial charge is 0.508 e.